The van der Waals surface area contributed by atoms with E-state index in [9.17, 15) is 4.79 Å². The lowest BCUT2D eigenvalue weighted by molar-refractivity contribution is 0.0741. The second kappa shape index (κ2) is 7.49. The van der Waals surface area contributed by atoms with Gasteiger partial charge in [-0.2, -0.15) is 0 Å². The van der Waals surface area contributed by atoms with Crippen LogP contribution in [0.25, 0.3) is 0 Å². The van der Waals surface area contributed by atoms with Crippen molar-refractivity contribution in [2.75, 3.05) is 36.4 Å². The highest BCUT2D eigenvalue weighted by atomic mass is 16.5. The Morgan fingerprint density at radius 2 is 1.85 bits per heavy atom. The molecular formula is C20H21N5O2. The Labute approximate surface area is 157 Å². The minimum absolute atomic E-state index is 0.0531. The van der Waals surface area contributed by atoms with Crippen LogP contribution < -0.4 is 10.2 Å². The number of pyridine rings is 1. The van der Waals surface area contributed by atoms with Crippen molar-refractivity contribution in [3.8, 4) is 0 Å². The molecule has 0 unspecified atom stereocenters. The summed E-state index contributed by atoms with van der Waals surface area (Å²) in [7, 11) is 0. The summed E-state index contributed by atoms with van der Waals surface area (Å²) < 4.78 is 5.05. The van der Waals surface area contributed by atoms with Crippen molar-refractivity contribution in [3.05, 3.63) is 66.2 Å². The van der Waals surface area contributed by atoms with Crippen molar-refractivity contribution in [1.82, 2.24) is 15.0 Å². The number of hydrogen-bond acceptors (Lipinski definition) is 6. The van der Waals surface area contributed by atoms with E-state index in [4.69, 9.17) is 4.52 Å². The number of aromatic nitrogens is 2. The smallest absolute Gasteiger partial charge is 0.272 e. The predicted molar refractivity (Wildman–Crippen MR) is 103 cm³/mol. The number of nitrogens with one attached hydrogen (secondary N) is 1. The van der Waals surface area contributed by atoms with Crippen molar-refractivity contribution >= 4 is 23.1 Å². The van der Waals surface area contributed by atoms with Crippen LogP contribution in [0.5, 0.6) is 0 Å². The number of para-hydroxylation sites is 1. The van der Waals surface area contributed by atoms with Crippen LogP contribution in [0.2, 0.25) is 0 Å². The SMILES string of the molecule is Cc1cc(Nc2ccnc(C(=O)N3CCN(c4ccccc4)CC3)c2)no1. The first-order valence-corrected chi connectivity index (χ1v) is 8.95. The lowest BCUT2D eigenvalue weighted by atomic mass is 10.2. The molecule has 1 amide bonds. The van der Waals surface area contributed by atoms with E-state index in [0.717, 1.165) is 24.5 Å². The van der Waals surface area contributed by atoms with E-state index < -0.39 is 0 Å². The molecule has 0 saturated carbocycles. The largest absolute Gasteiger partial charge is 0.368 e. The van der Waals surface area contributed by atoms with E-state index in [1.807, 2.05) is 30.0 Å². The summed E-state index contributed by atoms with van der Waals surface area (Å²) in [6.07, 6.45) is 1.63. The molecule has 1 N–H and O–H groups in total. The number of aryl methyl sites for hydroxylation is 1. The van der Waals surface area contributed by atoms with Crippen LogP contribution in [0.1, 0.15) is 16.2 Å². The molecule has 0 bridgehead atoms. The van der Waals surface area contributed by atoms with Crippen LogP contribution in [0.4, 0.5) is 17.2 Å². The monoisotopic (exact) mass is 363 g/mol. The van der Waals surface area contributed by atoms with Crippen molar-refractivity contribution < 1.29 is 9.32 Å². The first kappa shape index (κ1) is 17.1. The summed E-state index contributed by atoms with van der Waals surface area (Å²) in [6, 6.07) is 15.6. The van der Waals surface area contributed by atoms with Gasteiger partial charge in [-0.1, -0.05) is 23.4 Å². The van der Waals surface area contributed by atoms with E-state index >= 15 is 0 Å². The molecule has 1 fully saturated rings. The number of benzene rings is 1. The van der Waals surface area contributed by atoms with Crippen molar-refractivity contribution in [2.24, 2.45) is 0 Å². The molecule has 138 valence electrons. The van der Waals surface area contributed by atoms with Crippen LogP contribution in [0, 0.1) is 6.92 Å². The molecule has 2 aromatic heterocycles. The van der Waals surface area contributed by atoms with Gasteiger partial charge in [-0.05, 0) is 31.2 Å². The number of hydrogen-bond donors (Lipinski definition) is 1. The second-order valence-electron chi connectivity index (χ2n) is 6.49. The zero-order valence-electron chi connectivity index (χ0n) is 15.1. The molecule has 1 aliphatic rings. The summed E-state index contributed by atoms with van der Waals surface area (Å²) in [5, 5.41) is 7.03. The summed E-state index contributed by atoms with van der Waals surface area (Å²) in [5.74, 6) is 1.27. The second-order valence-corrected chi connectivity index (χ2v) is 6.49. The highest BCUT2D eigenvalue weighted by Crippen LogP contribution is 2.19. The maximum Gasteiger partial charge on any atom is 0.272 e. The van der Waals surface area contributed by atoms with Crippen LogP contribution in [0.3, 0.4) is 0 Å². The number of amides is 1. The minimum atomic E-state index is -0.0531. The molecule has 0 atom stereocenters. The standard InChI is InChI=1S/C20H21N5O2/c1-15-13-19(23-27-15)22-16-7-8-21-18(14-16)20(26)25-11-9-24(10-12-25)17-5-3-2-4-6-17/h2-8,13-14H,9-12H2,1H3,(H,21,22,23). The highest BCUT2D eigenvalue weighted by molar-refractivity contribution is 5.93. The quantitative estimate of drug-likeness (QED) is 0.768. The molecule has 1 aliphatic heterocycles. The number of rotatable bonds is 4. The average molecular weight is 363 g/mol. The van der Waals surface area contributed by atoms with Gasteiger partial charge in [0, 0.05) is 49.8 Å². The van der Waals surface area contributed by atoms with Gasteiger partial charge in [0.2, 0.25) is 0 Å². The Morgan fingerprint density at radius 3 is 2.56 bits per heavy atom. The van der Waals surface area contributed by atoms with Crippen molar-refractivity contribution in [1.29, 1.82) is 0 Å². The Morgan fingerprint density at radius 1 is 1.07 bits per heavy atom. The van der Waals surface area contributed by atoms with Gasteiger partial charge in [0.1, 0.15) is 11.5 Å². The van der Waals surface area contributed by atoms with E-state index in [0.29, 0.717) is 24.6 Å². The predicted octanol–water partition coefficient (Wildman–Crippen LogP) is 3.08. The zero-order chi connectivity index (χ0) is 18.6. The van der Waals surface area contributed by atoms with Crippen LogP contribution in [0.15, 0.2) is 59.3 Å². The van der Waals surface area contributed by atoms with Gasteiger partial charge in [0.25, 0.3) is 5.91 Å². The fraction of sp³-hybridized carbons (Fsp3) is 0.250. The van der Waals surface area contributed by atoms with E-state index in [-0.39, 0.29) is 5.91 Å². The van der Waals surface area contributed by atoms with Crippen LogP contribution >= 0.6 is 0 Å². The van der Waals surface area contributed by atoms with Crippen LogP contribution in [-0.4, -0.2) is 47.1 Å². The van der Waals surface area contributed by atoms with Gasteiger partial charge < -0.3 is 19.6 Å². The van der Waals surface area contributed by atoms with Gasteiger partial charge >= 0.3 is 0 Å². The zero-order valence-corrected chi connectivity index (χ0v) is 15.1. The fourth-order valence-corrected chi connectivity index (χ4v) is 3.17. The number of anilines is 3. The van der Waals surface area contributed by atoms with Crippen LogP contribution in [-0.2, 0) is 0 Å². The highest BCUT2D eigenvalue weighted by Gasteiger charge is 2.23. The maximum atomic E-state index is 12.8. The summed E-state index contributed by atoms with van der Waals surface area (Å²) >= 11 is 0. The summed E-state index contributed by atoms with van der Waals surface area (Å²) in [4.78, 5) is 21.2. The summed E-state index contributed by atoms with van der Waals surface area (Å²) in [5.41, 5.74) is 2.37. The average Bonchev–Trinajstić information content (AvgIpc) is 3.13. The molecule has 0 radical (unpaired) electrons. The number of carbonyl (C=O) groups excluding carboxylic acids is 1. The molecular weight excluding hydrogens is 342 g/mol. The third-order valence-electron chi connectivity index (χ3n) is 4.57. The molecule has 7 nitrogen and oxygen atoms in total. The fourth-order valence-electron chi connectivity index (χ4n) is 3.17. The molecule has 3 heterocycles. The Balaban J connectivity index is 1.40. The molecule has 1 saturated heterocycles. The third-order valence-corrected chi connectivity index (χ3v) is 4.57. The lowest BCUT2D eigenvalue weighted by Gasteiger charge is -2.36. The molecule has 27 heavy (non-hydrogen) atoms. The van der Waals surface area contributed by atoms with Crippen molar-refractivity contribution in [3.63, 3.8) is 0 Å². The molecule has 4 rings (SSSR count). The topological polar surface area (TPSA) is 74.5 Å². The minimum Gasteiger partial charge on any atom is -0.368 e. The molecule has 1 aromatic carbocycles. The maximum absolute atomic E-state index is 12.8. The van der Waals surface area contributed by atoms with Gasteiger partial charge in [-0.3, -0.25) is 9.78 Å². The van der Waals surface area contributed by atoms with E-state index in [1.165, 1.54) is 5.69 Å². The van der Waals surface area contributed by atoms with Crippen molar-refractivity contribution in [2.45, 2.75) is 6.92 Å². The number of carbonyl (C=O) groups is 1. The van der Waals surface area contributed by atoms with Gasteiger partial charge in [-0.25, -0.2) is 0 Å². The van der Waals surface area contributed by atoms with E-state index in [1.54, 1.807) is 24.4 Å². The Bertz CT molecular complexity index is 917. The van der Waals surface area contributed by atoms with Gasteiger partial charge in [0.05, 0.1) is 0 Å². The first-order chi connectivity index (χ1) is 13.2. The Kier molecular flexibility index (Phi) is 4.74. The normalized spacial score (nSPS) is 14.3. The molecule has 0 aliphatic carbocycles. The number of nitrogens with zero attached hydrogens (tertiary/aromatic N) is 4. The lowest BCUT2D eigenvalue weighted by Crippen LogP contribution is -2.49. The van der Waals surface area contributed by atoms with Gasteiger partial charge in [-0.15, -0.1) is 0 Å². The third kappa shape index (κ3) is 3.92. The molecule has 0 spiro atoms. The number of piperazine rings is 1. The molecule has 3 aromatic rings. The summed E-state index contributed by atoms with van der Waals surface area (Å²) in [6.45, 7) is 4.80. The Hall–Kier alpha value is -3.35. The first-order valence-electron chi connectivity index (χ1n) is 8.95. The van der Waals surface area contributed by atoms with Gasteiger partial charge in [0.15, 0.2) is 5.82 Å². The molecule has 7 heteroatoms. The van der Waals surface area contributed by atoms with E-state index in [2.05, 4.69) is 32.5 Å².